The zero-order valence-electron chi connectivity index (χ0n) is 20.5. The molecular formula is C30H35N3. The van der Waals surface area contributed by atoms with Crippen molar-refractivity contribution in [3.8, 4) is 17.1 Å². The molecule has 0 saturated carbocycles. The summed E-state index contributed by atoms with van der Waals surface area (Å²) in [6.45, 7) is 8.90. The quantitative estimate of drug-likeness (QED) is 0.270. The molecule has 0 N–H and O–H groups in total. The van der Waals surface area contributed by atoms with Crippen LogP contribution in [0.5, 0.6) is 0 Å². The third kappa shape index (κ3) is 4.32. The van der Waals surface area contributed by atoms with Crippen molar-refractivity contribution in [3.05, 3.63) is 84.7 Å². The fourth-order valence-corrected chi connectivity index (χ4v) is 4.35. The van der Waals surface area contributed by atoms with Crippen molar-refractivity contribution in [2.24, 2.45) is 7.05 Å². The number of hydrogen-bond acceptors (Lipinski definition) is 1. The van der Waals surface area contributed by atoms with Crippen molar-refractivity contribution in [1.82, 2.24) is 14.1 Å². The largest absolute Gasteiger partial charge is 0.334 e. The van der Waals surface area contributed by atoms with Crippen LogP contribution in [0.2, 0.25) is 0 Å². The van der Waals surface area contributed by atoms with Crippen LogP contribution in [0, 0.1) is 0 Å². The first-order valence-corrected chi connectivity index (χ1v) is 12.2. The molecule has 0 spiro atoms. The molecule has 33 heavy (non-hydrogen) atoms. The minimum absolute atomic E-state index is 0.480. The van der Waals surface area contributed by atoms with Crippen LogP contribution < -0.4 is 0 Å². The maximum Gasteiger partial charge on any atom is 0.139 e. The van der Waals surface area contributed by atoms with Crippen molar-refractivity contribution in [3.63, 3.8) is 0 Å². The van der Waals surface area contributed by atoms with Crippen LogP contribution in [0.25, 0.3) is 38.9 Å². The van der Waals surface area contributed by atoms with Gasteiger partial charge in [-0.3, -0.25) is 0 Å². The van der Waals surface area contributed by atoms with E-state index in [0.717, 1.165) is 12.2 Å². The Morgan fingerprint density at radius 3 is 1.94 bits per heavy atom. The number of rotatable bonds is 5. The summed E-state index contributed by atoms with van der Waals surface area (Å²) in [6.07, 6.45) is 7.64. The lowest BCUT2D eigenvalue weighted by molar-refractivity contribution is 0.733. The second kappa shape index (κ2) is 10.1. The van der Waals surface area contributed by atoms with Crippen LogP contribution in [-0.2, 0) is 7.05 Å². The van der Waals surface area contributed by atoms with Crippen molar-refractivity contribution in [2.45, 2.75) is 52.9 Å². The summed E-state index contributed by atoms with van der Waals surface area (Å²) in [5.74, 6) is 1.50. The molecule has 0 fully saturated rings. The molecule has 3 heteroatoms. The van der Waals surface area contributed by atoms with E-state index in [4.69, 9.17) is 0 Å². The Balaban J connectivity index is 0.000000601. The molecule has 2 aromatic heterocycles. The molecule has 2 heterocycles. The molecule has 0 aliphatic heterocycles. The summed E-state index contributed by atoms with van der Waals surface area (Å²) < 4.78 is 4.48. The second-order valence-electron chi connectivity index (χ2n) is 8.81. The highest BCUT2D eigenvalue weighted by Gasteiger charge is 2.17. The topological polar surface area (TPSA) is 22.8 Å². The van der Waals surface area contributed by atoms with Crippen molar-refractivity contribution >= 4 is 21.8 Å². The average molecular weight is 438 g/mol. The normalized spacial score (nSPS) is 12.0. The Labute approximate surface area is 197 Å². The molecule has 0 radical (unpaired) electrons. The summed E-state index contributed by atoms with van der Waals surface area (Å²) in [5.41, 5.74) is 6.21. The summed E-state index contributed by atoms with van der Waals surface area (Å²) >= 11 is 0. The van der Waals surface area contributed by atoms with Gasteiger partial charge >= 0.3 is 0 Å². The maximum absolute atomic E-state index is 4.66. The molecule has 1 unspecified atom stereocenters. The molecular weight excluding hydrogens is 402 g/mol. The monoisotopic (exact) mass is 437 g/mol. The van der Waals surface area contributed by atoms with Gasteiger partial charge in [-0.05, 0) is 42.2 Å². The van der Waals surface area contributed by atoms with E-state index >= 15 is 0 Å². The fraction of sp³-hybridized carbons (Fsp3) is 0.300. The lowest BCUT2D eigenvalue weighted by atomic mass is 9.92. The van der Waals surface area contributed by atoms with Gasteiger partial charge in [0, 0.05) is 41.5 Å². The van der Waals surface area contributed by atoms with Crippen molar-refractivity contribution in [2.75, 3.05) is 0 Å². The standard InChI is InChI=1S/C26H25N3.C4H10/c1-4-18(2)20-14-13-19(17-23(20)26-27-15-16-28(26)3)29-24-11-7-5-9-21(24)22-10-6-8-12-25(22)29;1-3-4-2/h5-18H,4H2,1-3H3;3-4H2,1-2H3. The minimum Gasteiger partial charge on any atom is -0.334 e. The first kappa shape index (κ1) is 22.8. The Bertz CT molecular complexity index is 1300. The van der Waals surface area contributed by atoms with E-state index in [-0.39, 0.29) is 0 Å². The zero-order chi connectivity index (χ0) is 23.4. The van der Waals surface area contributed by atoms with E-state index in [2.05, 4.69) is 116 Å². The van der Waals surface area contributed by atoms with Gasteiger partial charge < -0.3 is 9.13 Å². The average Bonchev–Trinajstić information content (AvgIpc) is 3.44. The van der Waals surface area contributed by atoms with Gasteiger partial charge in [0.05, 0.1) is 11.0 Å². The van der Waals surface area contributed by atoms with Gasteiger partial charge in [-0.2, -0.15) is 0 Å². The number of imidazole rings is 1. The maximum atomic E-state index is 4.66. The molecule has 5 rings (SSSR count). The molecule has 3 aromatic carbocycles. The SMILES string of the molecule is CCC(C)c1ccc(-n2c3ccccc3c3ccccc32)cc1-c1nccn1C.CCCC. The van der Waals surface area contributed by atoms with Crippen molar-refractivity contribution < 1.29 is 0 Å². The number of unbranched alkanes of at least 4 members (excludes halogenated alkanes) is 1. The molecule has 0 saturated heterocycles. The lowest BCUT2D eigenvalue weighted by Gasteiger charge is -2.18. The minimum atomic E-state index is 0.480. The first-order valence-electron chi connectivity index (χ1n) is 12.2. The van der Waals surface area contributed by atoms with Crippen LogP contribution >= 0.6 is 0 Å². The number of nitrogens with zero attached hydrogens (tertiary/aromatic N) is 3. The van der Waals surface area contributed by atoms with Gasteiger partial charge in [0.25, 0.3) is 0 Å². The predicted octanol–water partition coefficient (Wildman–Crippen LogP) is 8.50. The van der Waals surface area contributed by atoms with Crippen LogP contribution in [0.15, 0.2) is 79.1 Å². The van der Waals surface area contributed by atoms with Crippen LogP contribution in [0.1, 0.15) is 58.4 Å². The predicted molar refractivity (Wildman–Crippen MR) is 142 cm³/mol. The molecule has 0 bridgehead atoms. The summed E-state index contributed by atoms with van der Waals surface area (Å²) in [4.78, 5) is 4.66. The Hall–Kier alpha value is -3.33. The molecule has 0 aliphatic carbocycles. The molecule has 170 valence electrons. The van der Waals surface area contributed by atoms with E-state index in [1.807, 2.05) is 12.4 Å². The number of aromatic nitrogens is 3. The number of para-hydroxylation sites is 2. The number of benzene rings is 3. The van der Waals surface area contributed by atoms with Crippen LogP contribution in [0.3, 0.4) is 0 Å². The third-order valence-corrected chi connectivity index (χ3v) is 6.58. The van der Waals surface area contributed by atoms with E-state index < -0.39 is 0 Å². The summed E-state index contributed by atoms with van der Waals surface area (Å²) in [6, 6.07) is 24.1. The second-order valence-corrected chi connectivity index (χ2v) is 8.81. The number of fused-ring (bicyclic) bond motifs is 3. The zero-order valence-corrected chi connectivity index (χ0v) is 20.5. The molecule has 5 aromatic rings. The highest BCUT2D eigenvalue weighted by Crippen LogP contribution is 2.36. The molecule has 0 aliphatic rings. The Kier molecular flexibility index (Phi) is 6.98. The van der Waals surface area contributed by atoms with Gasteiger partial charge in [0.15, 0.2) is 0 Å². The first-order chi connectivity index (χ1) is 16.1. The fourth-order valence-electron chi connectivity index (χ4n) is 4.35. The number of hydrogen-bond donors (Lipinski definition) is 0. The third-order valence-electron chi connectivity index (χ3n) is 6.58. The van der Waals surface area contributed by atoms with E-state index in [1.54, 1.807) is 0 Å². The number of aryl methyl sites for hydroxylation is 1. The molecule has 3 nitrogen and oxygen atoms in total. The van der Waals surface area contributed by atoms with Gasteiger partial charge in [-0.25, -0.2) is 4.98 Å². The van der Waals surface area contributed by atoms with E-state index in [1.165, 1.54) is 51.5 Å². The Morgan fingerprint density at radius 2 is 1.42 bits per heavy atom. The van der Waals surface area contributed by atoms with Crippen molar-refractivity contribution in [1.29, 1.82) is 0 Å². The molecule has 0 amide bonds. The lowest BCUT2D eigenvalue weighted by Crippen LogP contribution is -2.02. The van der Waals surface area contributed by atoms with Gasteiger partial charge in [0.2, 0.25) is 0 Å². The van der Waals surface area contributed by atoms with E-state index in [9.17, 15) is 0 Å². The summed E-state index contributed by atoms with van der Waals surface area (Å²) in [5, 5.41) is 2.57. The highest BCUT2D eigenvalue weighted by molar-refractivity contribution is 6.09. The summed E-state index contributed by atoms with van der Waals surface area (Å²) in [7, 11) is 2.07. The Morgan fingerprint density at radius 1 is 0.818 bits per heavy atom. The van der Waals surface area contributed by atoms with Crippen LogP contribution in [0.4, 0.5) is 0 Å². The smallest absolute Gasteiger partial charge is 0.139 e. The molecule has 1 atom stereocenters. The van der Waals surface area contributed by atoms with E-state index in [0.29, 0.717) is 5.92 Å². The van der Waals surface area contributed by atoms with Gasteiger partial charge in [0.1, 0.15) is 5.82 Å². The van der Waals surface area contributed by atoms with Gasteiger partial charge in [-0.15, -0.1) is 0 Å². The highest BCUT2D eigenvalue weighted by atomic mass is 15.0. The van der Waals surface area contributed by atoms with Gasteiger partial charge in [-0.1, -0.05) is 83.0 Å². The van der Waals surface area contributed by atoms with Crippen LogP contribution in [-0.4, -0.2) is 14.1 Å².